The molecule has 5 heteroatoms. The second-order valence-electron chi connectivity index (χ2n) is 5.54. The first kappa shape index (κ1) is 13.8. The van der Waals surface area contributed by atoms with Gasteiger partial charge in [0.1, 0.15) is 5.78 Å². The lowest BCUT2D eigenvalue weighted by Crippen LogP contribution is -2.42. The maximum Gasteiger partial charge on any atom is 0.391 e. The maximum absolute atomic E-state index is 12.5. The van der Waals surface area contributed by atoms with Crippen LogP contribution >= 0.6 is 0 Å². The van der Waals surface area contributed by atoms with E-state index in [0.29, 0.717) is 19.6 Å². The molecule has 2 nitrogen and oxygen atoms in total. The fraction of sp³-hybridized carbons (Fsp3) is 0.923. The average molecular weight is 263 g/mol. The minimum Gasteiger partial charge on any atom is -0.298 e. The molecule has 0 aromatic carbocycles. The van der Waals surface area contributed by atoms with E-state index in [1.807, 2.05) is 4.90 Å². The highest BCUT2D eigenvalue weighted by Crippen LogP contribution is 2.34. The Labute approximate surface area is 106 Å². The number of Topliss-reactive ketones (excluding diaryl/α,β-unsaturated/α-hetero) is 1. The molecule has 104 valence electrons. The summed E-state index contributed by atoms with van der Waals surface area (Å²) >= 11 is 0. The van der Waals surface area contributed by atoms with Crippen molar-refractivity contribution in [1.29, 1.82) is 0 Å². The molecule has 1 aliphatic heterocycles. The molecule has 0 unspecified atom stereocenters. The molecule has 0 atom stereocenters. The number of hydrogen-bond acceptors (Lipinski definition) is 2. The molecule has 1 saturated carbocycles. The van der Waals surface area contributed by atoms with E-state index in [-0.39, 0.29) is 24.5 Å². The first-order valence-corrected chi connectivity index (χ1v) is 6.78. The fourth-order valence-corrected chi connectivity index (χ4v) is 3.02. The minimum absolute atomic E-state index is 0.140. The molecular weight excluding hydrogens is 243 g/mol. The largest absolute Gasteiger partial charge is 0.391 e. The number of piperidine rings is 1. The standard InChI is InChI=1S/C13H20F3NO/c14-13(15,16)11-5-7-17(8-6-11)9-12(18)10-3-1-2-4-10/h10-11H,1-9H2. The topological polar surface area (TPSA) is 20.3 Å². The van der Waals surface area contributed by atoms with Crippen molar-refractivity contribution in [3.8, 4) is 0 Å². The van der Waals surface area contributed by atoms with E-state index >= 15 is 0 Å². The highest BCUT2D eigenvalue weighted by molar-refractivity contribution is 5.83. The number of nitrogens with zero attached hydrogens (tertiary/aromatic N) is 1. The van der Waals surface area contributed by atoms with Gasteiger partial charge in [0.25, 0.3) is 0 Å². The molecule has 1 aliphatic carbocycles. The number of halogens is 3. The summed E-state index contributed by atoms with van der Waals surface area (Å²) in [6, 6.07) is 0. The normalized spacial score (nSPS) is 24.6. The lowest BCUT2D eigenvalue weighted by Gasteiger charge is -2.32. The van der Waals surface area contributed by atoms with Gasteiger partial charge < -0.3 is 0 Å². The molecule has 1 saturated heterocycles. The molecule has 0 spiro atoms. The number of hydrogen-bond donors (Lipinski definition) is 0. The summed E-state index contributed by atoms with van der Waals surface area (Å²) in [5, 5.41) is 0. The number of carbonyl (C=O) groups is 1. The Morgan fingerprint density at radius 3 is 2.11 bits per heavy atom. The number of likely N-dealkylation sites (tertiary alicyclic amines) is 1. The predicted molar refractivity (Wildman–Crippen MR) is 62.2 cm³/mol. The molecule has 0 bridgehead atoms. The molecule has 0 aromatic rings. The first-order valence-electron chi connectivity index (χ1n) is 6.78. The van der Waals surface area contributed by atoms with Crippen molar-refractivity contribution in [2.45, 2.75) is 44.7 Å². The van der Waals surface area contributed by atoms with Gasteiger partial charge in [-0.05, 0) is 38.8 Å². The summed E-state index contributed by atoms with van der Waals surface area (Å²) < 4.78 is 37.5. The van der Waals surface area contributed by atoms with Crippen LogP contribution in [0.5, 0.6) is 0 Å². The average Bonchev–Trinajstić information content (AvgIpc) is 2.82. The first-order chi connectivity index (χ1) is 8.47. The number of alkyl halides is 3. The lowest BCUT2D eigenvalue weighted by atomic mass is 9.95. The Bertz CT molecular complexity index is 289. The van der Waals surface area contributed by atoms with Crippen molar-refractivity contribution >= 4 is 5.78 Å². The van der Waals surface area contributed by atoms with E-state index in [1.54, 1.807) is 0 Å². The zero-order valence-electron chi connectivity index (χ0n) is 10.5. The highest BCUT2D eigenvalue weighted by Gasteiger charge is 2.41. The van der Waals surface area contributed by atoms with Gasteiger partial charge in [0, 0.05) is 5.92 Å². The van der Waals surface area contributed by atoms with Gasteiger partial charge in [0.05, 0.1) is 12.5 Å². The van der Waals surface area contributed by atoms with Gasteiger partial charge in [-0.25, -0.2) is 0 Å². The van der Waals surface area contributed by atoms with E-state index in [0.717, 1.165) is 25.7 Å². The van der Waals surface area contributed by atoms with Crippen LogP contribution in [0.15, 0.2) is 0 Å². The smallest absolute Gasteiger partial charge is 0.298 e. The van der Waals surface area contributed by atoms with Crippen LogP contribution in [0.3, 0.4) is 0 Å². The second kappa shape index (κ2) is 5.59. The summed E-state index contributed by atoms with van der Waals surface area (Å²) in [6.07, 6.45) is 0.388. The molecule has 2 aliphatic rings. The van der Waals surface area contributed by atoms with E-state index in [9.17, 15) is 18.0 Å². The molecule has 2 rings (SSSR count). The lowest BCUT2D eigenvalue weighted by molar-refractivity contribution is -0.185. The highest BCUT2D eigenvalue weighted by atomic mass is 19.4. The van der Waals surface area contributed by atoms with Crippen LogP contribution in [0.4, 0.5) is 13.2 Å². The number of rotatable bonds is 3. The van der Waals surface area contributed by atoms with E-state index in [1.165, 1.54) is 0 Å². The molecule has 0 radical (unpaired) electrons. The molecule has 2 fully saturated rings. The maximum atomic E-state index is 12.5. The van der Waals surface area contributed by atoms with Gasteiger partial charge in [-0.2, -0.15) is 13.2 Å². The zero-order valence-corrected chi connectivity index (χ0v) is 10.5. The molecular formula is C13H20F3NO. The molecule has 0 amide bonds. The summed E-state index contributed by atoms with van der Waals surface area (Å²) in [5.41, 5.74) is 0. The van der Waals surface area contributed by atoms with Crippen molar-refractivity contribution in [2.75, 3.05) is 19.6 Å². The number of carbonyl (C=O) groups excluding carboxylic acids is 1. The molecule has 18 heavy (non-hydrogen) atoms. The SMILES string of the molecule is O=C(CN1CCC(C(F)(F)F)CC1)C1CCCC1. The Balaban J connectivity index is 1.75. The molecule has 0 N–H and O–H groups in total. The van der Waals surface area contributed by atoms with Crippen LogP contribution in [0.25, 0.3) is 0 Å². The molecule has 1 heterocycles. The van der Waals surface area contributed by atoms with Gasteiger partial charge in [-0.3, -0.25) is 9.69 Å². The van der Waals surface area contributed by atoms with Crippen LogP contribution in [0, 0.1) is 11.8 Å². The third-order valence-electron chi connectivity index (χ3n) is 4.24. The Hall–Kier alpha value is -0.580. The Morgan fingerprint density at radius 1 is 1.06 bits per heavy atom. The zero-order chi connectivity index (χ0) is 13.2. The van der Waals surface area contributed by atoms with Crippen LogP contribution in [0.1, 0.15) is 38.5 Å². The van der Waals surface area contributed by atoms with Crippen LogP contribution < -0.4 is 0 Å². The fourth-order valence-electron chi connectivity index (χ4n) is 3.02. The minimum atomic E-state index is -4.07. The van der Waals surface area contributed by atoms with Gasteiger partial charge in [-0.1, -0.05) is 12.8 Å². The van der Waals surface area contributed by atoms with Gasteiger partial charge in [0.2, 0.25) is 0 Å². The molecule has 0 aromatic heterocycles. The van der Waals surface area contributed by atoms with Crippen LogP contribution in [-0.4, -0.2) is 36.5 Å². The number of ketones is 1. The van der Waals surface area contributed by atoms with E-state index < -0.39 is 12.1 Å². The van der Waals surface area contributed by atoms with Crippen LogP contribution in [0.2, 0.25) is 0 Å². The summed E-state index contributed by atoms with van der Waals surface area (Å²) in [5.74, 6) is -0.765. The van der Waals surface area contributed by atoms with Gasteiger partial charge in [-0.15, -0.1) is 0 Å². The second-order valence-corrected chi connectivity index (χ2v) is 5.54. The predicted octanol–water partition coefficient (Wildman–Crippen LogP) is 3.02. The quantitative estimate of drug-likeness (QED) is 0.780. The third kappa shape index (κ3) is 3.46. The van der Waals surface area contributed by atoms with Crippen molar-refractivity contribution in [1.82, 2.24) is 4.90 Å². The summed E-state index contributed by atoms with van der Waals surface area (Å²) in [7, 11) is 0. The Morgan fingerprint density at radius 2 is 1.61 bits per heavy atom. The van der Waals surface area contributed by atoms with E-state index in [4.69, 9.17) is 0 Å². The van der Waals surface area contributed by atoms with E-state index in [2.05, 4.69) is 0 Å². The van der Waals surface area contributed by atoms with Crippen molar-refractivity contribution in [3.05, 3.63) is 0 Å². The summed E-state index contributed by atoms with van der Waals surface area (Å²) in [4.78, 5) is 13.8. The van der Waals surface area contributed by atoms with Crippen LogP contribution in [-0.2, 0) is 4.79 Å². The van der Waals surface area contributed by atoms with Crippen molar-refractivity contribution in [3.63, 3.8) is 0 Å². The van der Waals surface area contributed by atoms with Gasteiger partial charge >= 0.3 is 6.18 Å². The third-order valence-corrected chi connectivity index (χ3v) is 4.24. The monoisotopic (exact) mass is 263 g/mol. The van der Waals surface area contributed by atoms with Crippen molar-refractivity contribution in [2.24, 2.45) is 11.8 Å². The van der Waals surface area contributed by atoms with Crippen molar-refractivity contribution < 1.29 is 18.0 Å². The Kier molecular flexibility index (Phi) is 4.30. The van der Waals surface area contributed by atoms with Gasteiger partial charge in [0.15, 0.2) is 0 Å². The summed E-state index contributed by atoms with van der Waals surface area (Å²) in [6.45, 7) is 1.17.